The van der Waals surface area contributed by atoms with Crippen molar-refractivity contribution >= 4 is 11.7 Å². The third-order valence-corrected chi connectivity index (χ3v) is 1.97. The fraction of sp³-hybridized carbons (Fsp3) is 0.182. The van der Waals surface area contributed by atoms with Crippen LogP contribution in [0.4, 0.5) is 5.69 Å². The zero-order chi connectivity index (χ0) is 12.8. The second-order valence-electron chi connectivity index (χ2n) is 3.12. The van der Waals surface area contributed by atoms with Crippen molar-refractivity contribution in [1.29, 1.82) is 0 Å². The molecule has 0 amide bonds. The first-order chi connectivity index (χ1) is 8.06. The van der Waals surface area contributed by atoms with Crippen LogP contribution in [0.1, 0.15) is 17.3 Å². The molecule has 0 aromatic heterocycles. The van der Waals surface area contributed by atoms with E-state index in [4.69, 9.17) is 9.84 Å². The molecule has 0 unspecified atom stereocenters. The minimum absolute atomic E-state index is 0.0538. The highest BCUT2D eigenvalue weighted by atomic mass is 16.6. The molecule has 1 aromatic carbocycles. The van der Waals surface area contributed by atoms with E-state index >= 15 is 0 Å². The molecule has 0 atom stereocenters. The number of hydrogen-bond donors (Lipinski definition) is 1. The summed E-state index contributed by atoms with van der Waals surface area (Å²) < 4.78 is 5.15. The van der Waals surface area contributed by atoms with Crippen LogP contribution in [0.5, 0.6) is 5.75 Å². The van der Waals surface area contributed by atoms with Crippen molar-refractivity contribution in [2.75, 3.05) is 6.61 Å². The molecule has 1 N–H and O–H groups in total. The van der Waals surface area contributed by atoms with E-state index in [0.29, 0.717) is 0 Å². The Morgan fingerprint density at radius 2 is 2.29 bits per heavy atom. The molecule has 1 rings (SSSR count). The van der Waals surface area contributed by atoms with Crippen LogP contribution >= 0.6 is 0 Å². The van der Waals surface area contributed by atoms with Crippen molar-refractivity contribution in [3.05, 3.63) is 46.0 Å². The molecule has 90 valence electrons. The monoisotopic (exact) mass is 237 g/mol. The Labute approximate surface area is 97.3 Å². The minimum Gasteiger partial charge on any atom is -0.483 e. The van der Waals surface area contributed by atoms with Gasteiger partial charge < -0.3 is 9.84 Å². The van der Waals surface area contributed by atoms with Crippen molar-refractivity contribution in [2.45, 2.75) is 6.92 Å². The number of rotatable bonds is 5. The highest BCUT2D eigenvalue weighted by Gasteiger charge is 2.18. The molecular formula is C11H11NO5. The van der Waals surface area contributed by atoms with Crippen molar-refractivity contribution in [1.82, 2.24) is 0 Å². The van der Waals surface area contributed by atoms with Gasteiger partial charge in [0, 0.05) is 6.07 Å². The van der Waals surface area contributed by atoms with E-state index in [2.05, 4.69) is 0 Å². The van der Waals surface area contributed by atoms with Gasteiger partial charge in [0.15, 0.2) is 5.75 Å². The highest BCUT2D eigenvalue weighted by molar-refractivity contribution is 5.88. The Balaban J connectivity index is 3.04. The summed E-state index contributed by atoms with van der Waals surface area (Å²) in [5.41, 5.74) is -0.496. The van der Waals surface area contributed by atoms with E-state index in [-0.39, 0.29) is 23.6 Å². The minimum atomic E-state index is -1.21. The number of allylic oxidation sites excluding steroid dienone is 1. The molecule has 0 aliphatic heterocycles. The van der Waals surface area contributed by atoms with E-state index in [1.54, 1.807) is 19.1 Å². The molecule has 0 spiro atoms. The summed E-state index contributed by atoms with van der Waals surface area (Å²) in [7, 11) is 0. The van der Waals surface area contributed by atoms with Gasteiger partial charge in [0.05, 0.1) is 10.5 Å². The summed E-state index contributed by atoms with van der Waals surface area (Å²) in [5, 5.41) is 19.5. The predicted molar refractivity (Wildman–Crippen MR) is 60.4 cm³/mol. The average molecular weight is 237 g/mol. The molecule has 0 radical (unpaired) electrons. The number of aromatic carboxylic acids is 1. The largest absolute Gasteiger partial charge is 0.483 e. The van der Waals surface area contributed by atoms with E-state index in [1.165, 1.54) is 12.1 Å². The maximum Gasteiger partial charge on any atom is 0.335 e. The van der Waals surface area contributed by atoms with Crippen LogP contribution in [0.15, 0.2) is 30.4 Å². The second kappa shape index (κ2) is 5.64. The SMILES string of the molecule is C/C=C/COc1ccc(C(=O)O)cc1[N+](=O)[O-]. The summed E-state index contributed by atoms with van der Waals surface area (Å²) in [6.07, 6.45) is 3.44. The number of carbonyl (C=O) groups is 1. The van der Waals surface area contributed by atoms with Crippen LogP contribution < -0.4 is 4.74 Å². The zero-order valence-corrected chi connectivity index (χ0v) is 9.12. The van der Waals surface area contributed by atoms with E-state index < -0.39 is 10.9 Å². The van der Waals surface area contributed by atoms with Crippen LogP contribution in [0, 0.1) is 10.1 Å². The number of carboxylic acid groups (broad SMARTS) is 1. The van der Waals surface area contributed by atoms with Gasteiger partial charge in [0.25, 0.3) is 0 Å². The van der Waals surface area contributed by atoms with Gasteiger partial charge in [-0.3, -0.25) is 10.1 Å². The van der Waals surface area contributed by atoms with Crippen LogP contribution in [0.3, 0.4) is 0 Å². The Hall–Kier alpha value is -2.37. The first-order valence-electron chi connectivity index (χ1n) is 4.82. The number of carboxylic acids is 1. The van der Waals surface area contributed by atoms with Gasteiger partial charge in [-0.15, -0.1) is 0 Å². The quantitative estimate of drug-likeness (QED) is 0.482. The van der Waals surface area contributed by atoms with E-state index in [9.17, 15) is 14.9 Å². The molecule has 0 aliphatic rings. The third-order valence-electron chi connectivity index (χ3n) is 1.97. The van der Waals surface area contributed by atoms with Gasteiger partial charge in [-0.25, -0.2) is 4.79 Å². The van der Waals surface area contributed by atoms with Crippen LogP contribution in [0.2, 0.25) is 0 Å². The average Bonchev–Trinajstić information content (AvgIpc) is 2.29. The first kappa shape index (κ1) is 12.7. The standard InChI is InChI=1S/C11H11NO5/c1-2-3-6-17-10-5-4-8(11(13)14)7-9(10)12(15)16/h2-5,7H,6H2,1H3,(H,13,14)/b3-2+. The molecule has 6 nitrogen and oxygen atoms in total. The van der Waals surface area contributed by atoms with Crippen molar-refractivity contribution in [3.8, 4) is 5.75 Å². The molecule has 0 fully saturated rings. The highest BCUT2D eigenvalue weighted by Crippen LogP contribution is 2.27. The molecule has 1 aromatic rings. The van der Waals surface area contributed by atoms with Gasteiger partial charge in [-0.05, 0) is 19.1 Å². The summed E-state index contributed by atoms with van der Waals surface area (Å²) in [6.45, 7) is 2.00. The lowest BCUT2D eigenvalue weighted by Gasteiger charge is -2.04. The number of nitrogens with zero attached hydrogens (tertiary/aromatic N) is 1. The fourth-order valence-electron chi connectivity index (χ4n) is 1.15. The maximum atomic E-state index is 10.7. The van der Waals surface area contributed by atoms with Crippen LogP contribution in [-0.4, -0.2) is 22.6 Å². The number of nitro groups is 1. The Bertz CT molecular complexity index is 467. The van der Waals surface area contributed by atoms with Crippen LogP contribution in [-0.2, 0) is 0 Å². The predicted octanol–water partition coefficient (Wildman–Crippen LogP) is 2.25. The summed E-state index contributed by atoms with van der Waals surface area (Å²) in [6, 6.07) is 3.53. The van der Waals surface area contributed by atoms with Gasteiger partial charge in [0.1, 0.15) is 6.61 Å². The lowest BCUT2D eigenvalue weighted by Crippen LogP contribution is -2.02. The summed E-state index contributed by atoms with van der Waals surface area (Å²) in [4.78, 5) is 20.7. The molecule has 0 heterocycles. The molecule has 17 heavy (non-hydrogen) atoms. The van der Waals surface area contributed by atoms with Gasteiger partial charge in [0.2, 0.25) is 0 Å². The lowest BCUT2D eigenvalue weighted by atomic mass is 10.2. The molecule has 6 heteroatoms. The summed E-state index contributed by atoms with van der Waals surface area (Å²) in [5.74, 6) is -1.16. The van der Waals surface area contributed by atoms with Gasteiger partial charge >= 0.3 is 11.7 Å². The van der Waals surface area contributed by atoms with Crippen LogP contribution in [0.25, 0.3) is 0 Å². The van der Waals surface area contributed by atoms with Crippen molar-refractivity contribution in [3.63, 3.8) is 0 Å². The van der Waals surface area contributed by atoms with Gasteiger partial charge in [-0.2, -0.15) is 0 Å². The first-order valence-corrected chi connectivity index (χ1v) is 4.82. The van der Waals surface area contributed by atoms with Gasteiger partial charge in [-0.1, -0.05) is 12.2 Å². The molecule has 0 saturated heterocycles. The second-order valence-corrected chi connectivity index (χ2v) is 3.12. The normalized spacial score (nSPS) is 10.4. The Kier molecular flexibility index (Phi) is 4.21. The zero-order valence-electron chi connectivity index (χ0n) is 9.12. The fourth-order valence-corrected chi connectivity index (χ4v) is 1.15. The topological polar surface area (TPSA) is 89.7 Å². The number of hydrogen-bond acceptors (Lipinski definition) is 4. The molecular weight excluding hydrogens is 226 g/mol. The summed E-state index contributed by atoms with van der Waals surface area (Å²) >= 11 is 0. The molecule has 0 saturated carbocycles. The van der Waals surface area contributed by atoms with E-state index in [1.807, 2.05) is 0 Å². The smallest absolute Gasteiger partial charge is 0.335 e. The number of nitro benzene ring substituents is 1. The van der Waals surface area contributed by atoms with Crippen molar-refractivity contribution < 1.29 is 19.6 Å². The molecule has 0 aliphatic carbocycles. The Morgan fingerprint density at radius 3 is 2.82 bits per heavy atom. The maximum absolute atomic E-state index is 10.7. The van der Waals surface area contributed by atoms with E-state index in [0.717, 1.165) is 6.07 Å². The lowest BCUT2D eigenvalue weighted by molar-refractivity contribution is -0.385. The number of benzene rings is 1. The molecule has 0 bridgehead atoms. The third kappa shape index (κ3) is 3.30. The van der Waals surface area contributed by atoms with Crippen molar-refractivity contribution in [2.24, 2.45) is 0 Å². The Morgan fingerprint density at radius 1 is 1.59 bits per heavy atom. The number of ether oxygens (including phenoxy) is 1.